The van der Waals surface area contributed by atoms with Crippen LogP contribution in [0.2, 0.25) is 10.0 Å². The van der Waals surface area contributed by atoms with Crippen molar-refractivity contribution in [3.05, 3.63) is 73.8 Å². The van der Waals surface area contributed by atoms with Crippen LogP contribution in [0.15, 0.2) is 58.2 Å². The van der Waals surface area contributed by atoms with Crippen molar-refractivity contribution in [2.45, 2.75) is 13.0 Å². The Kier molecular flexibility index (Phi) is 4.91. The van der Waals surface area contributed by atoms with Gasteiger partial charge < -0.3 is 11.1 Å². The molecule has 0 spiro atoms. The van der Waals surface area contributed by atoms with E-state index in [4.69, 9.17) is 28.9 Å². The van der Waals surface area contributed by atoms with Gasteiger partial charge in [0.2, 0.25) is 11.9 Å². The first-order valence-electron chi connectivity index (χ1n) is 8.30. The van der Waals surface area contributed by atoms with E-state index < -0.39 is 11.9 Å². The lowest BCUT2D eigenvalue weighted by Gasteiger charge is -2.27. The first-order valence-corrected chi connectivity index (χ1v) is 9.85. The lowest BCUT2D eigenvalue weighted by molar-refractivity contribution is -0.115. The van der Waals surface area contributed by atoms with Crippen molar-refractivity contribution in [3.8, 4) is 11.4 Å². The molecule has 2 heterocycles. The van der Waals surface area contributed by atoms with Crippen LogP contribution >= 0.6 is 39.1 Å². The highest BCUT2D eigenvalue weighted by Gasteiger charge is 2.33. The number of nitrogens with one attached hydrogen (secondary N) is 1. The number of nitrogens with two attached hydrogens (primary N) is 1. The molecule has 1 atom stereocenters. The van der Waals surface area contributed by atoms with Crippen LogP contribution in [0.25, 0.3) is 11.4 Å². The molecular weight excluding hydrogens is 465 g/mol. The van der Waals surface area contributed by atoms with Gasteiger partial charge in [0.05, 0.1) is 10.6 Å². The Morgan fingerprint density at radius 3 is 2.57 bits per heavy atom. The summed E-state index contributed by atoms with van der Waals surface area (Å²) in [6.45, 7) is 1.79. The van der Waals surface area contributed by atoms with E-state index >= 15 is 0 Å². The Labute approximate surface area is 179 Å². The zero-order valence-electron chi connectivity index (χ0n) is 14.6. The largest absolute Gasteiger partial charge is 0.366 e. The van der Waals surface area contributed by atoms with Crippen molar-refractivity contribution >= 4 is 51.0 Å². The fourth-order valence-electron chi connectivity index (χ4n) is 3.21. The van der Waals surface area contributed by atoms with Gasteiger partial charge in [-0.05, 0) is 42.8 Å². The van der Waals surface area contributed by atoms with Gasteiger partial charge >= 0.3 is 0 Å². The summed E-state index contributed by atoms with van der Waals surface area (Å²) in [4.78, 5) is 16.8. The number of primary amides is 1. The van der Waals surface area contributed by atoms with Gasteiger partial charge in [0.25, 0.3) is 0 Å². The number of amides is 1. The molecule has 0 aliphatic carbocycles. The maximum Gasteiger partial charge on any atom is 0.248 e. The van der Waals surface area contributed by atoms with E-state index in [-0.39, 0.29) is 0 Å². The summed E-state index contributed by atoms with van der Waals surface area (Å²) in [7, 11) is 0. The minimum absolute atomic E-state index is 0.421. The highest BCUT2D eigenvalue weighted by Crippen LogP contribution is 2.37. The molecular formula is C19H14BrCl2N5O. The van der Waals surface area contributed by atoms with Crippen LogP contribution in [0.5, 0.6) is 0 Å². The van der Waals surface area contributed by atoms with Crippen molar-refractivity contribution in [2.75, 3.05) is 5.32 Å². The van der Waals surface area contributed by atoms with Gasteiger partial charge in [-0.2, -0.15) is 4.98 Å². The lowest BCUT2D eigenvalue weighted by Crippen LogP contribution is -2.31. The summed E-state index contributed by atoms with van der Waals surface area (Å²) in [6, 6.07) is 12.2. The third kappa shape index (κ3) is 3.30. The van der Waals surface area contributed by atoms with Crippen molar-refractivity contribution < 1.29 is 4.79 Å². The van der Waals surface area contributed by atoms with E-state index in [1.165, 1.54) is 0 Å². The number of carbonyl (C=O) groups excluding carboxylic acids is 1. The van der Waals surface area contributed by atoms with Crippen molar-refractivity contribution in [2.24, 2.45) is 5.73 Å². The molecule has 1 aromatic heterocycles. The number of halogens is 3. The molecule has 3 aromatic rings. The minimum atomic E-state index is -0.523. The van der Waals surface area contributed by atoms with Gasteiger partial charge in [0.1, 0.15) is 6.04 Å². The number of anilines is 1. The van der Waals surface area contributed by atoms with Gasteiger partial charge in [0.15, 0.2) is 5.82 Å². The smallest absolute Gasteiger partial charge is 0.248 e. The van der Waals surface area contributed by atoms with Crippen molar-refractivity contribution in [1.29, 1.82) is 0 Å². The summed E-state index contributed by atoms with van der Waals surface area (Å²) in [5.41, 5.74) is 8.25. The SMILES string of the molecule is CC1=C(C(N)=O)C(c2ccc(Br)cc2)n2nc(-c3ccc(Cl)cc3Cl)nc2N1. The van der Waals surface area contributed by atoms with E-state index in [1.807, 2.05) is 24.3 Å². The second-order valence-electron chi connectivity index (χ2n) is 6.31. The highest BCUT2D eigenvalue weighted by atomic mass is 79.9. The van der Waals surface area contributed by atoms with Gasteiger partial charge in [-0.25, -0.2) is 4.68 Å². The number of nitrogens with zero attached hydrogens (tertiary/aromatic N) is 3. The van der Waals surface area contributed by atoms with E-state index in [1.54, 1.807) is 29.8 Å². The van der Waals surface area contributed by atoms with Crippen molar-refractivity contribution in [1.82, 2.24) is 14.8 Å². The Balaban J connectivity index is 1.89. The quantitative estimate of drug-likeness (QED) is 0.566. The van der Waals surface area contributed by atoms with E-state index in [0.29, 0.717) is 38.7 Å². The molecule has 0 bridgehead atoms. The molecule has 2 aromatic carbocycles. The number of benzene rings is 2. The molecule has 1 unspecified atom stereocenters. The van der Waals surface area contributed by atoms with Crippen LogP contribution in [0.3, 0.4) is 0 Å². The molecule has 0 saturated carbocycles. The van der Waals surface area contributed by atoms with Crippen LogP contribution in [0.4, 0.5) is 5.95 Å². The summed E-state index contributed by atoms with van der Waals surface area (Å²) in [5.74, 6) is 0.395. The average molecular weight is 479 g/mol. The Morgan fingerprint density at radius 2 is 1.93 bits per heavy atom. The van der Waals surface area contributed by atoms with Crippen LogP contribution in [0.1, 0.15) is 18.5 Å². The van der Waals surface area contributed by atoms with Crippen LogP contribution in [0, 0.1) is 0 Å². The van der Waals surface area contributed by atoms with Gasteiger partial charge in [-0.15, -0.1) is 5.10 Å². The Bertz CT molecular complexity index is 1120. The molecule has 6 nitrogen and oxygen atoms in total. The minimum Gasteiger partial charge on any atom is -0.366 e. The molecule has 4 rings (SSSR count). The van der Waals surface area contributed by atoms with Gasteiger partial charge in [0, 0.05) is 20.8 Å². The Hall–Kier alpha value is -2.35. The predicted molar refractivity (Wildman–Crippen MR) is 113 cm³/mol. The fraction of sp³-hybridized carbons (Fsp3) is 0.105. The summed E-state index contributed by atoms with van der Waals surface area (Å²) in [6.07, 6.45) is 0. The summed E-state index contributed by atoms with van der Waals surface area (Å²) < 4.78 is 2.58. The predicted octanol–water partition coefficient (Wildman–Crippen LogP) is 4.79. The molecule has 1 aliphatic rings. The summed E-state index contributed by atoms with van der Waals surface area (Å²) in [5, 5.41) is 8.70. The molecule has 0 fully saturated rings. The maximum absolute atomic E-state index is 12.2. The number of hydrogen-bond acceptors (Lipinski definition) is 4. The second-order valence-corrected chi connectivity index (χ2v) is 8.07. The molecule has 9 heteroatoms. The molecule has 0 radical (unpaired) electrons. The van der Waals surface area contributed by atoms with Crippen molar-refractivity contribution in [3.63, 3.8) is 0 Å². The van der Waals surface area contributed by atoms with Crippen LogP contribution < -0.4 is 11.1 Å². The lowest BCUT2D eigenvalue weighted by atomic mass is 9.95. The normalized spacial score (nSPS) is 15.9. The second kappa shape index (κ2) is 7.24. The zero-order chi connectivity index (χ0) is 20.0. The van der Waals surface area contributed by atoms with Crippen LogP contribution in [-0.2, 0) is 4.79 Å². The van der Waals surface area contributed by atoms with Gasteiger partial charge in [-0.1, -0.05) is 51.3 Å². The van der Waals surface area contributed by atoms with E-state index in [2.05, 4.69) is 31.3 Å². The molecule has 3 N–H and O–H groups in total. The number of fused-ring (bicyclic) bond motifs is 1. The number of aromatic nitrogens is 3. The highest BCUT2D eigenvalue weighted by molar-refractivity contribution is 9.10. The number of hydrogen-bond donors (Lipinski definition) is 2. The molecule has 142 valence electrons. The molecule has 1 aliphatic heterocycles. The standard InChI is InChI=1S/C19H14BrCl2N5O/c1-9-15(17(23)28)16(10-2-4-11(20)5-3-10)27-19(24-9)25-18(26-27)13-7-6-12(21)8-14(13)22/h2-8,16H,1H3,(H2,23,28)(H,24,25,26). The monoisotopic (exact) mass is 477 g/mol. The Morgan fingerprint density at radius 1 is 1.21 bits per heavy atom. The number of carbonyl (C=O) groups is 1. The molecule has 1 amide bonds. The maximum atomic E-state index is 12.2. The average Bonchev–Trinajstić information content (AvgIpc) is 3.04. The molecule has 0 saturated heterocycles. The first-order chi connectivity index (χ1) is 13.3. The summed E-state index contributed by atoms with van der Waals surface area (Å²) >= 11 is 15.7. The number of rotatable bonds is 3. The third-order valence-electron chi connectivity index (χ3n) is 4.48. The zero-order valence-corrected chi connectivity index (χ0v) is 17.7. The van der Waals surface area contributed by atoms with Crippen LogP contribution in [-0.4, -0.2) is 20.7 Å². The fourth-order valence-corrected chi connectivity index (χ4v) is 3.97. The van der Waals surface area contributed by atoms with E-state index in [9.17, 15) is 4.79 Å². The molecule has 28 heavy (non-hydrogen) atoms. The third-order valence-corrected chi connectivity index (χ3v) is 5.55. The van der Waals surface area contributed by atoms with Gasteiger partial charge in [-0.3, -0.25) is 4.79 Å². The first kappa shape index (κ1) is 19.0. The topological polar surface area (TPSA) is 85.8 Å². The number of allylic oxidation sites excluding steroid dienone is 1. The van der Waals surface area contributed by atoms with E-state index in [0.717, 1.165) is 10.0 Å².